The van der Waals surface area contributed by atoms with Gasteiger partial charge in [-0.3, -0.25) is 0 Å². The van der Waals surface area contributed by atoms with E-state index in [4.69, 9.17) is 0 Å². The zero-order chi connectivity index (χ0) is 18.6. The van der Waals surface area contributed by atoms with Crippen LogP contribution in [0.15, 0.2) is 26.2 Å². The summed E-state index contributed by atoms with van der Waals surface area (Å²) in [6.07, 6.45) is 3.64. The van der Waals surface area contributed by atoms with Crippen molar-refractivity contribution in [3.8, 4) is 0 Å². The number of aryl methyl sites for hydroxylation is 1. The molecular formula is C16H22BrN5O2S2. The van der Waals surface area contributed by atoms with Crippen LogP contribution < -0.4 is 14.9 Å². The predicted octanol–water partition coefficient (Wildman–Crippen LogP) is 2.99. The van der Waals surface area contributed by atoms with Crippen LogP contribution in [0.5, 0.6) is 0 Å². The lowest BCUT2D eigenvalue weighted by Crippen LogP contribution is -2.31. The Morgan fingerprint density at radius 3 is 2.65 bits per heavy atom. The van der Waals surface area contributed by atoms with Crippen LogP contribution in [0.3, 0.4) is 0 Å². The van der Waals surface area contributed by atoms with Crippen molar-refractivity contribution in [1.29, 1.82) is 0 Å². The summed E-state index contributed by atoms with van der Waals surface area (Å²) in [4.78, 5) is 11.2. The zero-order valence-corrected chi connectivity index (χ0v) is 17.8. The molecule has 0 aliphatic carbocycles. The first kappa shape index (κ1) is 19.5. The van der Waals surface area contributed by atoms with Gasteiger partial charge in [0.15, 0.2) is 0 Å². The van der Waals surface area contributed by atoms with Crippen LogP contribution in [-0.4, -0.2) is 44.6 Å². The summed E-state index contributed by atoms with van der Waals surface area (Å²) in [5.41, 5.74) is 0. The minimum Gasteiger partial charge on any atom is -0.369 e. The number of hydrogen-bond donors (Lipinski definition) is 2. The molecule has 0 spiro atoms. The number of nitrogens with one attached hydrogen (secondary N) is 2. The molecule has 0 saturated carbocycles. The summed E-state index contributed by atoms with van der Waals surface area (Å²) in [6.45, 7) is 4.63. The van der Waals surface area contributed by atoms with E-state index in [2.05, 4.69) is 40.8 Å². The third-order valence-electron chi connectivity index (χ3n) is 4.04. The minimum atomic E-state index is -3.47. The SMILES string of the molecule is Cc1nc(NCCNS(=O)(=O)c2ccc(Br)s2)cc(N2CCCCC2)n1. The molecular weight excluding hydrogens is 438 g/mol. The van der Waals surface area contributed by atoms with Gasteiger partial charge in [0.05, 0.1) is 3.79 Å². The Hall–Kier alpha value is -1.23. The molecule has 0 aromatic carbocycles. The van der Waals surface area contributed by atoms with E-state index in [1.807, 2.05) is 13.0 Å². The van der Waals surface area contributed by atoms with Crippen LogP contribution in [0.2, 0.25) is 0 Å². The Balaban J connectivity index is 1.55. The van der Waals surface area contributed by atoms with E-state index in [9.17, 15) is 8.42 Å². The van der Waals surface area contributed by atoms with Gasteiger partial charge < -0.3 is 10.2 Å². The largest absolute Gasteiger partial charge is 0.369 e. The number of thiophene rings is 1. The standard InChI is InChI=1S/C16H22BrN5O2S2/c1-12-20-14(11-15(21-12)22-9-3-2-4-10-22)18-7-8-19-26(23,24)16-6-5-13(17)25-16/h5-6,11,19H,2-4,7-10H2,1H3,(H,18,20,21). The zero-order valence-electron chi connectivity index (χ0n) is 14.5. The number of hydrogen-bond acceptors (Lipinski definition) is 7. The van der Waals surface area contributed by atoms with Crippen LogP contribution in [0.25, 0.3) is 0 Å². The molecule has 2 aromatic rings. The van der Waals surface area contributed by atoms with Crippen molar-refractivity contribution in [2.45, 2.75) is 30.4 Å². The molecule has 7 nitrogen and oxygen atoms in total. The van der Waals surface area contributed by atoms with E-state index < -0.39 is 10.0 Å². The Morgan fingerprint density at radius 1 is 1.19 bits per heavy atom. The van der Waals surface area contributed by atoms with E-state index in [-0.39, 0.29) is 6.54 Å². The molecule has 0 unspecified atom stereocenters. The molecule has 3 heterocycles. The number of halogens is 1. The molecule has 0 atom stereocenters. The molecule has 2 aromatic heterocycles. The fourth-order valence-corrected chi connectivity index (χ4v) is 5.90. The number of rotatable bonds is 7. The average molecular weight is 460 g/mol. The maximum atomic E-state index is 12.2. The third-order valence-corrected chi connectivity index (χ3v) is 7.62. The Kier molecular flexibility index (Phi) is 6.49. The molecule has 0 radical (unpaired) electrons. The van der Waals surface area contributed by atoms with Gasteiger partial charge in [-0.15, -0.1) is 11.3 Å². The van der Waals surface area contributed by atoms with E-state index in [1.165, 1.54) is 30.6 Å². The van der Waals surface area contributed by atoms with Crippen molar-refractivity contribution in [3.05, 3.63) is 27.8 Å². The van der Waals surface area contributed by atoms with Crippen molar-refractivity contribution >= 4 is 48.9 Å². The van der Waals surface area contributed by atoms with Gasteiger partial charge in [-0.2, -0.15) is 0 Å². The van der Waals surface area contributed by atoms with Crippen molar-refractivity contribution < 1.29 is 8.42 Å². The average Bonchev–Trinajstić information content (AvgIpc) is 3.07. The first-order valence-electron chi connectivity index (χ1n) is 8.53. The smallest absolute Gasteiger partial charge is 0.250 e. The molecule has 0 amide bonds. The highest BCUT2D eigenvalue weighted by Crippen LogP contribution is 2.25. The summed E-state index contributed by atoms with van der Waals surface area (Å²) in [5, 5.41) is 3.18. The second-order valence-electron chi connectivity index (χ2n) is 6.09. The van der Waals surface area contributed by atoms with Crippen LogP contribution >= 0.6 is 27.3 Å². The molecule has 1 aliphatic heterocycles. The first-order chi connectivity index (χ1) is 12.4. The number of piperidine rings is 1. The van der Waals surface area contributed by atoms with Gasteiger partial charge in [0.2, 0.25) is 10.0 Å². The van der Waals surface area contributed by atoms with Gasteiger partial charge in [-0.25, -0.2) is 23.1 Å². The lowest BCUT2D eigenvalue weighted by molar-refractivity contribution is 0.572. The van der Waals surface area contributed by atoms with Crippen LogP contribution in [-0.2, 0) is 10.0 Å². The van der Waals surface area contributed by atoms with Crippen molar-refractivity contribution in [2.75, 3.05) is 36.4 Å². The highest BCUT2D eigenvalue weighted by atomic mass is 79.9. The summed E-state index contributed by atoms with van der Waals surface area (Å²) < 4.78 is 28.1. The van der Waals surface area contributed by atoms with Crippen LogP contribution in [0.4, 0.5) is 11.6 Å². The topological polar surface area (TPSA) is 87.2 Å². The summed E-state index contributed by atoms with van der Waals surface area (Å²) >= 11 is 4.47. The normalized spacial score (nSPS) is 15.2. The second kappa shape index (κ2) is 8.64. The van der Waals surface area contributed by atoms with E-state index in [1.54, 1.807) is 12.1 Å². The fraction of sp³-hybridized carbons (Fsp3) is 0.500. The Labute approximate surface area is 166 Å². The number of anilines is 2. The Morgan fingerprint density at radius 2 is 1.96 bits per heavy atom. The van der Waals surface area contributed by atoms with Gasteiger partial charge in [0.25, 0.3) is 0 Å². The molecule has 2 N–H and O–H groups in total. The monoisotopic (exact) mass is 459 g/mol. The number of nitrogens with zero attached hydrogens (tertiary/aromatic N) is 3. The quantitative estimate of drug-likeness (QED) is 0.618. The molecule has 142 valence electrons. The first-order valence-corrected chi connectivity index (χ1v) is 11.6. The van der Waals surface area contributed by atoms with Gasteiger partial charge in [-0.1, -0.05) is 0 Å². The highest BCUT2D eigenvalue weighted by molar-refractivity contribution is 9.11. The Bertz CT molecular complexity index is 850. The van der Waals surface area contributed by atoms with Gasteiger partial charge in [0.1, 0.15) is 21.7 Å². The molecule has 0 bridgehead atoms. The number of aromatic nitrogens is 2. The molecule has 1 saturated heterocycles. The molecule has 3 rings (SSSR count). The van der Waals surface area contributed by atoms with Crippen LogP contribution in [0, 0.1) is 6.92 Å². The van der Waals surface area contributed by atoms with Crippen molar-refractivity contribution in [3.63, 3.8) is 0 Å². The summed E-state index contributed by atoms with van der Waals surface area (Å²) in [5.74, 6) is 2.36. The van der Waals surface area contributed by atoms with E-state index in [0.717, 1.165) is 28.5 Å². The van der Waals surface area contributed by atoms with Gasteiger partial charge in [-0.05, 0) is 54.2 Å². The lowest BCUT2D eigenvalue weighted by atomic mass is 10.1. The maximum absolute atomic E-state index is 12.2. The van der Waals surface area contributed by atoms with Crippen LogP contribution in [0.1, 0.15) is 25.1 Å². The molecule has 1 fully saturated rings. The maximum Gasteiger partial charge on any atom is 0.250 e. The highest BCUT2D eigenvalue weighted by Gasteiger charge is 2.16. The van der Waals surface area contributed by atoms with Gasteiger partial charge in [0, 0.05) is 32.2 Å². The minimum absolute atomic E-state index is 0.278. The molecule has 10 heteroatoms. The van der Waals surface area contributed by atoms with Gasteiger partial charge >= 0.3 is 0 Å². The second-order valence-corrected chi connectivity index (χ2v) is 10.5. The molecule has 1 aliphatic rings. The third kappa shape index (κ3) is 5.15. The molecule has 26 heavy (non-hydrogen) atoms. The number of sulfonamides is 1. The van der Waals surface area contributed by atoms with Crippen molar-refractivity contribution in [1.82, 2.24) is 14.7 Å². The fourth-order valence-electron chi connectivity index (χ4n) is 2.82. The summed E-state index contributed by atoms with van der Waals surface area (Å²) in [7, 11) is -3.47. The predicted molar refractivity (Wildman–Crippen MR) is 109 cm³/mol. The van der Waals surface area contributed by atoms with E-state index >= 15 is 0 Å². The summed E-state index contributed by atoms with van der Waals surface area (Å²) in [6, 6.07) is 5.25. The van der Waals surface area contributed by atoms with E-state index in [0.29, 0.717) is 16.6 Å². The van der Waals surface area contributed by atoms with Crippen molar-refractivity contribution in [2.24, 2.45) is 0 Å². The lowest BCUT2D eigenvalue weighted by Gasteiger charge is -2.28.